The SMILES string of the molecule is Cc1cc(C)c(C(=N)N)c(Sc2ccc(Cl)cc2)n1. The molecule has 0 bridgehead atoms. The van der Waals surface area contributed by atoms with Crippen molar-refractivity contribution < 1.29 is 0 Å². The van der Waals surface area contributed by atoms with E-state index in [1.54, 1.807) is 0 Å². The number of nitrogen functional groups attached to an aromatic ring is 1. The molecule has 19 heavy (non-hydrogen) atoms. The van der Waals surface area contributed by atoms with E-state index in [-0.39, 0.29) is 5.84 Å². The van der Waals surface area contributed by atoms with E-state index >= 15 is 0 Å². The Hall–Kier alpha value is -1.52. The van der Waals surface area contributed by atoms with Gasteiger partial charge in [0.1, 0.15) is 10.9 Å². The van der Waals surface area contributed by atoms with Crippen LogP contribution >= 0.6 is 23.4 Å². The van der Waals surface area contributed by atoms with Crippen LogP contribution in [-0.2, 0) is 0 Å². The van der Waals surface area contributed by atoms with E-state index < -0.39 is 0 Å². The highest BCUT2D eigenvalue weighted by Crippen LogP contribution is 2.31. The van der Waals surface area contributed by atoms with Crippen LogP contribution in [0.15, 0.2) is 40.3 Å². The molecule has 98 valence electrons. The third-order valence-electron chi connectivity index (χ3n) is 2.61. The molecule has 1 heterocycles. The Balaban J connectivity index is 2.44. The summed E-state index contributed by atoms with van der Waals surface area (Å²) >= 11 is 7.36. The van der Waals surface area contributed by atoms with Crippen LogP contribution in [0.4, 0.5) is 0 Å². The quantitative estimate of drug-likeness (QED) is 0.668. The van der Waals surface area contributed by atoms with Gasteiger partial charge in [0, 0.05) is 15.6 Å². The second kappa shape index (κ2) is 5.63. The van der Waals surface area contributed by atoms with E-state index in [0.29, 0.717) is 10.6 Å². The number of rotatable bonds is 3. The maximum absolute atomic E-state index is 7.69. The zero-order valence-electron chi connectivity index (χ0n) is 10.7. The highest BCUT2D eigenvalue weighted by atomic mass is 35.5. The Morgan fingerprint density at radius 1 is 1.26 bits per heavy atom. The summed E-state index contributed by atoms with van der Waals surface area (Å²) in [7, 11) is 0. The monoisotopic (exact) mass is 291 g/mol. The molecule has 3 N–H and O–H groups in total. The van der Waals surface area contributed by atoms with Gasteiger partial charge in [0.05, 0.1) is 5.56 Å². The first-order valence-electron chi connectivity index (χ1n) is 5.73. The minimum Gasteiger partial charge on any atom is -0.384 e. The molecule has 0 fully saturated rings. The van der Waals surface area contributed by atoms with Gasteiger partial charge in [-0.1, -0.05) is 23.4 Å². The predicted molar refractivity (Wildman–Crippen MR) is 80.3 cm³/mol. The molecule has 3 nitrogen and oxygen atoms in total. The number of nitrogens with two attached hydrogens (primary N) is 1. The second-order valence-corrected chi connectivity index (χ2v) is 5.73. The van der Waals surface area contributed by atoms with Crippen LogP contribution in [0.25, 0.3) is 0 Å². The first-order valence-corrected chi connectivity index (χ1v) is 6.93. The van der Waals surface area contributed by atoms with Gasteiger partial charge in [-0.15, -0.1) is 0 Å². The van der Waals surface area contributed by atoms with Crippen molar-refractivity contribution in [2.45, 2.75) is 23.8 Å². The van der Waals surface area contributed by atoms with Crippen molar-refractivity contribution in [2.75, 3.05) is 0 Å². The highest BCUT2D eigenvalue weighted by Gasteiger charge is 2.12. The van der Waals surface area contributed by atoms with Gasteiger partial charge in [0.25, 0.3) is 0 Å². The van der Waals surface area contributed by atoms with Gasteiger partial charge < -0.3 is 5.73 Å². The Bertz CT molecular complexity index is 623. The number of aromatic nitrogens is 1. The lowest BCUT2D eigenvalue weighted by atomic mass is 10.1. The summed E-state index contributed by atoms with van der Waals surface area (Å²) in [4.78, 5) is 5.50. The molecule has 1 aromatic carbocycles. The zero-order valence-corrected chi connectivity index (χ0v) is 12.3. The van der Waals surface area contributed by atoms with Crippen molar-refractivity contribution in [1.29, 1.82) is 5.41 Å². The second-order valence-electron chi connectivity index (χ2n) is 4.23. The van der Waals surface area contributed by atoms with Gasteiger partial charge in [-0.05, 0) is 49.7 Å². The van der Waals surface area contributed by atoms with Crippen molar-refractivity contribution in [2.24, 2.45) is 5.73 Å². The van der Waals surface area contributed by atoms with Gasteiger partial charge in [0.15, 0.2) is 0 Å². The Morgan fingerprint density at radius 3 is 2.47 bits per heavy atom. The van der Waals surface area contributed by atoms with Gasteiger partial charge in [-0.2, -0.15) is 0 Å². The third kappa shape index (κ3) is 3.28. The van der Waals surface area contributed by atoms with Gasteiger partial charge in [-0.25, -0.2) is 4.98 Å². The fourth-order valence-electron chi connectivity index (χ4n) is 1.82. The van der Waals surface area contributed by atoms with Crippen LogP contribution in [0, 0.1) is 19.3 Å². The van der Waals surface area contributed by atoms with Crippen molar-refractivity contribution in [3.05, 3.63) is 52.2 Å². The largest absolute Gasteiger partial charge is 0.384 e. The molecule has 0 saturated heterocycles. The molecule has 0 aliphatic heterocycles. The molecule has 2 aromatic rings. The van der Waals surface area contributed by atoms with Gasteiger partial charge >= 0.3 is 0 Å². The van der Waals surface area contributed by atoms with E-state index in [1.165, 1.54) is 11.8 Å². The van der Waals surface area contributed by atoms with Crippen LogP contribution in [0.1, 0.15) is 16.8 Å². The number of halogens is 1. The maximum atomic E-state index is 7.69. The molecular formula is C14H14ClN3S. The number of benzene rings is 1. The first kappa shape index (κ1) is 13.9. The van der Waals surface area contributed by atoms with Crippen molar-refractivity contribution in [3.63, 3.8) is 0 Å². The van der Waals surface area contributed by atoms with Crippen molar-refractivity contribution in [3.8, 4) is 0 Å². The minimum atomic E-state index is 0.0430. The molecular weight excluding hydrogens is 278 g/mol. The molecule has 0 spiro atoms. The normalized spacial score (nSPS) is 10.5. The van der Waals surface area contributed by atoms with Crippen LogP contribution < -0.4 is 5.73 Å². The van der Waals surface area contributed by atoms with Crippen molar-refractivity contribution >= 4 is 29.2 Å². The van der Waals surface area contributed by atoms with Crippen molar-refractivity contribution in [1.82, 2.24) is 4.98 Å². The summed E-state index contributed by atoms with van der Waals surface area (Å²) in [6.07, 6.45) is 0. The minimum absolute atomic E-state index is 0.0430. The average molecular weight is 292 g/mol. The Labute approximate surface area is 121 Å². The molecule has 0 saturated carbocycles. The summed E-state index contributed by atoms with van der Waals surface area (Å²) in [5.41, 5.74) is 8.24. The van der Waals surface area contributed by atoms with Crippen LogP contribution in [-0.4, -0.2) is 10.8 Å². The molecule has 0 aliphatic carbocycles. The lowest BCUT2D eigenvalue weighted by Gasteiger charge is -2.11. The van der Waals surface area contributed by atoms with E-state index in [4.69, 9.17) is 22.7 Å². The molecule has 0 atom stereocenters. The van der Waals surface area contributed by atoms with E-state index in [1.807, 2.05) is 44.2 Å². The van der Waals surface area contributed by atoms with Gasteiger partial charge in [0.2, 0.25) is 0 Å². The summed E-state index contributed by atoms with van der Waals surface area (Å²) < 4.78 is 0. The van der Waals surface area contributed by atoms with Crippen LogP contribution in [0.5, 0.6) is 0 Å². The van der Waals surface area contributed by atoms with Crippen LogP contribution in [0.3, 0.4) is 0 Å². The fourth-order valence-corrected chi connectivity index (χ4v) is 3.00. The van der Waals surface area contributed by atoms with Gasteiger partial charge in [-0.3, -0.25) is 5.41 Å². The highest BCUT2D eigenvalue weighted by molar-refractivity contribution is 7.99. The number of nitrogens with one attached hydrogen (secondary N) is 1. The topological polar surface area (TPSA) is 62.8 Å². The number of hydrogen-bond acceptors (Lipinski definition) is 3. The van der Waals surface area contributed by atoms with Crippen LogP contribution in [0.2, 0.25) is 5.02 Å². The lowest BCUT2D eigenvalue weighted by molar-refractivity contribution is 1.03. The molecule has 5 heteroatoms. The Morgan fingerprint density at radius 2 is 1.89 bits per heavy atom. The predicted octanol–water partition coefficient (Wildman–Crippen LogP) is 3.79. The van der Waals surface area contributed by atoms with E-state index in [0.717, 1.165) is 21.2 Å². The first-order chi connectivity index (χ1) is 8.97. The smallest absolute Gasteiger partial charge is 0.125 e. The number of amidine groups is 1. The molecule has 0 amide bonds. The third-order valence-corrected chi connectivity index (χ3v) is 3.86. The summed E-state index contributed by atoms with van der Waals surface area (Å²) in [5.74, 6) is 0.0430. The molecule has 0 unspecified atom stereocenters. The number of aryl methyl sites for hydroxylation is 2. The molecule has 2 rings (SSSR count). The zero-order chi connectivity index (χ0) is 14.0. The number of hydrogen-bond donors (Lipinski definition) is 2. The maximum Gasteiger partial charge on any atom is 0.125 e. The lowest BCUT2D eigenvalue weighted by Crippen LogP contribution is -2.15. The Kier molecular flexibility index (Phi) is 4.12. The number of pyridine rings is 1. The summed E-state index contributed by atoms with van der Waals surface area (Å²) in [5, 5.41) is 9.15. The standard InChI is InChI=1S/C14H14ClN3S/c1-8-7-9(2)18-14(12(8)13(16)17)19-11-5-3-10(15)4-6-11/h3-7H,1-2H3,(H3,16,17). The fraction of sp³-hybridized carbons (Fsp3) is 0.143. The molecule has 0 radical (unpaired) electrons. The summed E-state index contributed by atoms with van der Waals surface area (Å²) in [6.45, 7) is 3.88. The van der Waals surface area contributed by atoms with E-state index in [2.05, 4.69) is 4.98 Å². The molecule has 1 aromatic heterocycles. The van der Waals surface area contributed by atoms with E-state index in [9.17, 15) is 0 Å². The molecule has 0 aliphatic rings. The summed E-state index contributed by atoms with van der Waals surface area (Å²) in [6, 6.07) is 9.45. The average Bonchev–Trinajstić information content (AvgIpc) is 2.30. The number of nitrogens with zero attached hydrogens (tertiary/aromatic N) is 1.